The molecule has 10 nitrogen and oxygen atoms in total. The predicted octanol–water partition coefficient (Wildman–Crippen LogP) is 10.9. The van der Waals surface area contributed by atoms with Crippen molar-refractivity contribution in [2.45, 2.75) is 81.4 Å². The lowest BCUT2D eigenvalue weighted by molar-refractivity contribution is -0.137. The standard InChI is InChI=1S/C51H62ClF3N8O2S2/c1-36(2)62-26-22-60(23-27-62)21-19-40(34-66-42-8-6-5-7-9-42)58-47-17-15-43(31-46(47)51(53,54)55)67(64,65)59-49-45-16-14-41(30-48(45)56-35-57-49)63-28-24-61(25-29-63)33-38-32-50(3,4)20-18-44(38)37-10-12-39(52)13-11-37/h5-17,30-31,35-36,40,58H,18-29,32-34H2,1-4H3,(H,56,57,59)/t40-/m1/s1. The lowest BCUT2D eigenvalue weighted by atomic mass is 9.73. The summed E-state index contributed by atoms with van der Waals surface area (Å²) in [5.41, 5.74) is 4.69. The van der Waals surface area contributed by atoms with E-state index in [2.05, 4.69) is 79.4 Å². The maximum atomic E-state index is 14.9. The zero-order chi connectivity index (χ0) is 47.3. The van der Waals surface area contributed by atoms with Gasteiger partial charge in [0, 0.05) is 110 Å². The van der Waals surface area contributed by atoms with Crippen molar-refractivity contribution in [1.82, 2.24) is 24.7 Å². The minimum atomic E-state index is -4.83. The third-order valence-corrected chi connectivity index (χ3v) is 16.2. The van der Waals surface area contributed by atoms with Crippen LogP contribution in [0.5, 0.6) is 0 Å². The Hall–Kier alpha value is -4.38. The molecule has 5 aromatic rings. The van der Waals surface area contributed by atoms with Crippen molar-refractivity contribution in [3.63, 3.8) is 0 Å². The Morgan fingerprint density at radius 3 is 2.27 bits per heavy atom. The van der Waals surface area contributed by atoms with Gasteiger partial charge < -0.3 is 15.1 Å². The van der Waals surface area contributed by atoms with Crippen molar-refractivity contribution in [2.24, 2.45) is 5.41 Å². The largest absolute Gasteiger partial charge is 0.418 e. The summed E-state index contributed by atoms with van der Waals surface area (Å²) in [6.07, 6.45) is 0.307. The molecule has 4 aromatic carbocycles. The van der Waals surface area contributed by atoms with E-state index in [-0.39, 0.29) is 23.0 Å². The van der Waals surface area contributed by atoms with Crippen LogP contribution in [0.2, 0.25) is 5.02 Å². The number of thioether (sulfide) groups is 1. The first kappa shape index (κ1) is 49.1. The highest BCUT2D eigenvalue weighted by molar-refractivity contribution is 7.99. The molecule has 358 valence electrons. The maximum Gasteiger partial charge on any atom is 0.418 e. The highest BCUT2D eigenvalue weighted by atomic mass is 35.5. The van der Waals surface area contributed by atoms with Crippen molar-refractivity contribution in [3.05, 3.63) is 119 Å². The lowest BCUT2D eigenvalue weighted by Gasteiger charge is -2.39. The molecule has 1 aliphatic carbocycles. The molecule has 0 unspecified atom stereocenters. The molecule has 2 fully saturated rings. The van der Waals surface area contributed by atoms with Crippen LogP contribution in [0.25, 0.3) is 16.5 Å². The van der Waals surface area contributed by atoms with E-state index in [1.807, 2.05) is 54.6 Å². The number of alkyl halides is 3. The number of fused-ring (bicyclic) bond motifs is 1. The SMILES string of the molecule is CC(C)N1CCN(CC[C@H](CSc2ccccc2)Nc2ccc(S(=O)(=O)Nc3ncnc4cc(N5CCN(CC6=C(c7ccc(Cl)cc7)CCC(C)(C)C6)CC5)ccc34)cc2C(F)(F)F)CC1. The van der Waals surface area contributed by atoms with Crippen molar-refractivity contribution >= 4 is 67.1 Å². The number of benzene rings is 4. The van der Waals surface area contributed by atoms with Crippen LogP contribution in [0.4, 0.5) is 30.4 Å². The second-order valence-corrected chi connectivity index (χ2v) is 22.4. The van der Waals surface area contributed by atoms with E-state index < -0.39 is 26.7 Å². The summed E-state index contributed by atoms with van der Waals surface area (Å²) in [4.78, 5) is 18.8. The number of sulfonamides is 1. The van der Waals surface area contributed by atoms with Crippen LogP contribution in [0.15, 0.2) is 113 Å². The first-order valence-electron chi connectivity index (χ1n) is 23.3. The minimum absolute atomic E-state index is 0.00969. The van der Waals surface area contributed by atoms with Gasteiger partial charge in [-0.25, -0.2) is 18.4 Å². The quantitative estimate of drug-likeness (QED) is 0.0931. The molecular weight excluding hydrogens is 913 g/mol. The van der Waals surface area contributed by atoms with Crippen molar-refractivity contribution in [3.8, 4) is 0 Å². The Morgan fingerprint density at radius 2 is 1.57 bits per heavy atom. The fraction of sp³-hybridized carbons (Fsp3) is 0.451. The Balaban J connectivity index is 0.943. The van der Waals surface area contributed by atoms with E-state index >= 15 is 0 Å². The monoisotopic (exact) mass is 974 g/mol. The summed E-state index contributed by atoms with van der Waals surface area (Å²) < 4.78 is 74.9. The Kier molecular flexibility index (Phi) is 15.4. The molecule has 3 heterocycles. The van der Waals surface area contributed by atoms with Gasteiger partial charge in [0.15, 0.2) is 5.82 Å². The smallest absolute Gasteiger partial charge is 0.381 e. The summed E-state index contributed by atoms with van der Waals surface area (Å²) >= 11 is 7.80. The van der Waals surface area contributed by atoms with Gasteiger partial charge in [0.1, 0.15) is 6.33 Å². The Morgan fingerprint density at radius 1 is 0.851 bits per heavy atom. The zero-order valence-electron chi connectivity index (χ0n) is 38.8. The van der Waals surface area contributed by atoms with E-state index in [9.17, 15) is 21.6 Å². The van der Waals surface area contributed by atoms with Gasteiger partial charge >= 0.3 is 6.18 Å². The first-order chi connectivity index (χ1) is 32.0. The molecule has 8 rings (SSSR count). The van der Waals surface area contributed by atoms with E-state index in [4.69, 9.17) is 11.6 Å². The van der Waals surface area contributed by atoms with E-state index in [1.54, 1.807) is 17.8 Å². The molecule has 0 amide bonds. The topological polar surface area (TPSA) is 96.9 Å². The first-order valence-corrected chi connectivity index (χ1v) is 26.2. The van der Waals surface area contributed by atoms with Crippen molar-refractivity contribution in [1.29, 1.82) is 0 Å². The second kappa shape index (κ2) is 21.1. The normalized spacial score (nSPS) is 18.4. The summed E-state index contributed by atoms with van der Waals surface area (Å²) in [5.74, 6) is 0.515. The lowest BCUT2D eigenvalue weighted by Crippen LogP contribution is -2.49. The summed E-state index contributed by atoms with van der Waals surface area (Å²) in [6.45, 7) is 17.8. The van der Waals surface area contributed by atoms with Crippen LogP contribution >= 0.6 is 23.4 Å². The van der Waals surface area contributed by atoms with Gasteiger partial charge in [0.25, 0.3) is 10.0 Å². The number of anilines is 3. The molecule has 16 heteroatoms. The Labute approximate surface area is 403 Å². The average Bonchev–Trinajstić information content (AvgIpc) is 3.30. The van der Waals surface area contributed by atoms with Gasteiger partial charge in [-0.1, -0.05) is 61.4 Å². The predicted molar refractivity (Wildman–Crippen MR) is 269 cm³/mol. The average molecular weight is 976 g/mol. The van der Waals surface area contributed by atoms with Gasteiger partial charge in [0.2, 0.25) is 0 Å². The van der Waals surface area contributed by atoms with E-state index in [1.165, 1.54) is 35.2 Å². The number of aromatic nitrogens is 2. The number of piperazine rings is 2. The number of hydrogen-bond acceptors (Lipinski definition) is 10. The fourth-order valence-corrected chi connectivity index (χ4v) is 11.7. The number of rotatable bonds is 16. The third kappa shape index (κ3) is 12.6. The maximum absolute atomic E-state index is 14.9. The van der Waals surface area contributed by atoms with Crippen LogP contribution < -0.4 is 14.9 Å². The van der Waals surface area contributed by atoms with Gasteiger partial charge in [-0.05, 0) is 117 Å². The summed E-state index contributed by atoms with van der Waals surface area (Å²) in [5, 5.41) is 4.36. The molecule has 0 bridgehead atoms. The number of allylic oxidation sites excluding steroid dienone is 1. The molecule has 3 aliphatic rings. The molecule has 0 spiro atoms. The van der Waals surface area contributed by atoms with Gasteiger partial charge in [-0.15, -0.1) is 11.8 Å². The van der Waals surface area contributed by atoms with Gasteiger partial charge in [-0.2, -0.15) is 13.2 Å². The van der Waals surface area contributed by atoms with E-state index in [0.29, 0.717) is 35.2 Å². The zero-order valence-corrected chi connectivity index (χ0v) is 41.2. The molecule has 1 atom stereocenters. The fourth-order valence-electron chi connectivity index (χ4n) is 9.53. The molecule has 2 aliphatic heterocycles. The van der Waals surface area contributed by atoms with Gasteiger partial charge in [0.05, 0.1) is 16.0 Å². The van der Waals surface area contributed by atoms with Crippen molar-refractivity contribution in [2.75, 3.05) is 86.1 Å². The summed E-state index contributed by atoms with van der Waals surface area (Å²) in [7, 11) is -4.50. The third-order valence-electron chi connectivity index (χ3n) is 13.5. The minimum Gasteiger partial charge on any atom is -0.381 e. The van der Waals surface area contributed by atoms with Crippen LogP contribution in [0.1, 0.15) is 64.5 Å². The van der Waals surface area contributed by atoms with Crippen molar-refractivity contribution < 1.29 is 21.6 Å². The molecule has 2 saturated heterocycles. The molecular formula is C51H62ClF3N8O2S2. The number of nitrogens with one attached hydrogen (secondary N) is 2. The molecule has 67 heavy (non-hydrogen) atoms. The molecule has 1 aromatic heterocycles. The molecule has 0 radical (unpaired) electrons. The van der Waals surface area contributed by atoms with E-state index in [0.717, 1.165) is 100 Å². The van der Waals surface area contributed by atoms with Crippen LogP contribution in [0.3, 0.4) is 0 Å². The number of halogens is 4. The number of hydrogen-bond donors (Lipinski definition) is 2. The van der Waals surface area contributed by atoms with Gasteiger partial charge in [-0.3, -0.25) is 14.5 Å². The second-order valence-electron chi connectivity index (χ2n) is 19.2. The van der Waals surface area contributed by atoms with Crippen LogP contribution in [-0.4, -0.2) is 116 Å². The van der Waals surface area contributed by atoms with Crippen LogP contribution in [0, 0.1) is 5.41 Å². The number of nitrogens with zero attached hydrogens (tertiary/aromatic N) is 6. The Bertz CT molecular complexity index is 2620. The van der Waals surface area contributed by atoms with Crippen LogP contribution in [-0.2, 0) is 16.2 Å². The molecule has 0 saturated carbocycles. The highest BCUT2D eigenvalue weighted by Crippen LogP contribution is 2.43. The summed E-state index contributed by atoms with van der Waals surface area (Å²) in [6, 6.07) is 26.9. The highest BCUT2D eigenvalue weighted by Gasteiger charge is 2.36. The molecule has 2 N–H and O–H groups in total.